The van der Waals surface area contributed by atoms with Crippen LogP contribution in [0.1, 0.15) is 0 Å². The van der Waals surface area contributed by atoms with Gasteiger partial charge in [-0.2, -0.15) is 0 Å². The van der Waals surface area contributed by atoms with Crippen molar-refractivity contribution in [2.24, 2.45) is 0 Å². The second-order valence-electron chi connectivity index (χ2n) is 9.89. The van der Waals surface area contributed by atoms with Crippen molar-refractivity contribution in [2.75, 3.05) is 4.90 Å². The number of hydrogen-bond donors (Lipinski definition) is 0. The molecule has 0 N–H and O–H groups in total. The Morgan fingerprint density at radius 2 is 0.816 bits per heavy atom. The van der Waals surface area contributed by atoms with Crippen LogP contribution in [-0.2, 0) is 0 Å². The van der Waals surface area contributed by atoms with Crippen LogP contribution in [-0.4, -0.2) is 0 Å². The quantitative estimate of drug-likeness (QED) is 0.224. The first-order chi connectivity index (χ1) is 18.8. The number of nitrogens with zero attached hydrogens (tertiary/aromatic N) is 1. The zero-order chi connectivity index (χ0) is 25.2. The maximum Gasteiger partial charge on any atom is 0.131 e. The van der Waals surface area contributed by atoms with E-state index in [9.17, 15) is 4.39 Å². The molecule has 1 nitrogen and oxygen atoms in total. The standard InChI is InChI=1S/C36H22FN/c37-31-21-17-25-16-20-30-34(22-18-26-15-19-29(31)35(25)36(26)30)38(32-13-5-9-23-7-1-3-11-27(23)32)33-14-6-10-24-8-2-4-12-28(24)33/h1-22H. The topological polar surface area (TPSA) is 3.24 Å². The minimum atomic E-state index is -0.183. The van der Waals surface area contributed by atoms with Crippen molar-refractivity contribution in [2.45, 2.75) is 0 Å². The lowest BCUT2D eigenvalue weighted by Crippen LogP contribution is -2.11. The third kappa shape index (κ3) is 2.98. The van der Waals surface area contributed by atoms with Crippen molar-refractivity contribution in [3.63, 3.8) is 0 Å². The van der Waals surface area contributed by atoms with E-state index >= 15 is 0 Å². The molecule has 0 heterocycles. The minimum absolute atomic E-state index is 0.183. The molecule has 0 atom stereocenters. The van der Waals surface area contributed by atoms with Crippen molar-refractivity contribution in [3.8, 4) is 0 Å². The van der Waals surface area contributed by atoms with E-state index in [4.69, 9.17) is 0 Å². The Bertz CT molecular complexity index is 2070. The van der Waals surface area contributed by atoms with Crippen LogP contribution >= 0.6 is 0 Å². The van der Waals surface area contributed by atoms with Gasteiger partial charge in [-0.1, -0.05) is 109 Å². The second kappa shape index (κ2) is 8.03. The lowest BCUT2D eigenvalue weighted by molar-refractivity contribution is 0.640. The van der Waals surface area contributed by atoms with Gasteiger partial charge in [0.2, 0.25) is 0 Å². The maximum absolute atomic E-state index is 15.0. The van der Waals surface area contributed by atoms with Gasteiger partial charge in [0, 0.05) is 26.9 Å². The summed E-state index contributed by atoms with van der Waals surface area (Å²) in [6.07, 6.45) is 0. The summed E-state index contributed by atoms with van der Waals surface area (Å²) >= 11 is 0. The molecule has 0 aromatic heterocycles. The third-order valence-corrected chi connectivity index (χ3v) is 7.84. The van der Waals surface area contributed by atoms with Crippen molar-refractivity contribution < 1.29 is 4.39 Å². The summed E-state index contributed by atoms with van der Waals surface area (Å²) in [4.78, 5) is 2.38. The zero-order valence-corrected chi connectivity index (χ0v) is 20.5. The average Bonchev–Trinajstić information content (AvgIpc) is 2.98. The molecule has 0 radical (unpaired) electrons. The molecule has 0 spiro atoms. The Morgan fingerprint density at radius 1 is 0.342 bits per heavy atom. The fourth-order valence-electron chi connectivity index (χ4n) is 6.14. The summed E-state index contributed by atoms with van der Waals surface area (Å²) in [5.74, 6) is -0.183. The predicted molar refractivity (Wildman–Crippen MR) is 160 cm³/mol. The van der Waals surface area contributed by atoms with Crippen LogP contribution in [0.4, 0.5) is 21.5 Å². The summed E-state index contributed by atoms with van der Waals surface area (Å²) in [6.45, 7) is 0. The van der Waals surface area contributed by atoms with Crippen LogP contribution < -0.4 is 4.90 Å². The monoisotopic (exact) mass is 487 g/mol. The number of rotatable bonds is 3. The van der Waals surface area contributed by atoms with E-state index in [2.05, 4.69) is 114 Å². The van der Waals surface area contributed by atoms with Gasteiger partial charge in [0.15, 0.2) is 0 Å². The molecule has 38 heavy (non-hydrogen) atoms. The van der Waals surface area contributed by atoms with Crippen molar-refractivity contribution >= 4 is 70.9 Å². The molecule has 2 heteroatoms. The minimum Gasteiger partial charge on any atom is -0.309 e. The van der Waals surface area contributed by atoms with Gasteiger partial charge in [-0.15, -0.1) is 0 Å². The van der Waals surface area contributed by atoms with E-state index in [1.807, 2.05) is 18.2 Å². The lowest BCUT2D eigenvalue weighted by atomic mass is 9.92. The fourth-order valence-corrected chi connectivity index (χ4v) is 6.14. The van der Waals surface area contributed by atoms with E-state index in [1.165, 1.54) is 21.5 Å². The molecule has 0 amide bonds. The van der Waals surface area contributed by atoms with Crippen LogP contribution in [0.25, 0.3) is 53.9 Å². The molecule has 178 valence electrons. The summed E-state index contributed by atoms with van der Waals surface area (Å²) in [5.41, 5.74) is 3.30. The molecular weight excluding hydrogens is 465 g/mol. The molecule has 0 saturated heterocycles. The fraction of sp³-hybridized carbons (Fsp3) is 0. The molecule has 8 rings (SSSR count). The highest BCUT2D eigenvalue weighted by Crippen LogP contribution is 2.47. The molecule has 0 fully saturated rings. The molecule has 0 aliphatic heterocycles. The summed E-state index contributed by atoms with van der Waals surface area (Å²) in [7, 11) is 0. The highest BCUT2D eigenvalue weighted by molar-refractivity contribution is 6.26. The van der Waals surface area contributed by atoms with Gasteiger partial charge < -0.3 is 4.90 Å². The third-order valence-electron chi connectivity index (χ3n) is 7.84. The van der Waals surface area contributed by atoms with Crippen LogP contribution in [0.15, 0.2) is 133 Å². The van der Waals surface area contributed by atoms with E-state index < -0.39 is 0 Å². The molecule has 0 bridgehead atoms. The van der Waals surface area contributed by atoms with E-state index in [0.717, 1.165) is 44.0 Å². The largest absolute Gasteiger partial charge is 0.309 e. The SMILES string of the molecule is Fc1ccc2ccc3c(N(c4cccc5ccccc45)c4cccc5ccccc45)ccc4ccc1c2c43. The molecular formula is C36H22FN. The average molecular weight is 488 g/mol. The highest BCUT2D eigenvalue weighted by atomic mass is 19.1. The lowest BCUT2D eigenvalue weighted by Gasteiger charge is -2.30. The van der Waals surface area contributed by atoms with E-state index in [1.54, 1.807) is 6.07 Å². The predicted octanol–water partition coefficient (Wildman–Crippen LogP) is 10.5. The Balaban J connectivity index is 1.54. The Labute approximate surface area is 219 Å². The first-order valence-corrected chi connectivity index (χ1v) is 12.9. The second-order valence-corrected chi connectivity index (χ2v) is 9.89. The van der Waals surface area contributed by atoms with Gasteiger partial charge in [-0.25, -0.2) is 4.39 Å². The van der Waals surface area contributed by atoms with Crippen LogP contribution in [0, 0.1) is 5.82 Å². The van der Waals surface area contributed by atoms with Gasteiger partial charge in [0.25, 0.3) is 0 Å². The Morgan fingerprint density at radius 3 is 1.47 bits per heavy atom. The van der Waals surface area contributed by atoms with E-state index in [-0.39, 0.29) is 5.82 Å². The summed E-state index contributed by atoms with van der Waals surface area (Å²) in [6, 6.07) is 46.1. The Kier molecular flexibility index (Phi) is 4.47. The first kappa shape index (κ1) is 21.2. The maximum atomic E-state index is 15.0. The van der Waals surface area contributed by atoms with Crippen molar-refractivity contribution in [1.82, 2.24) is 0 Å². The molecule has 0 aliphatic carbocycles. The van der Waals surface area contributed by atoms with Gasteiger partial charge in [-0.05, 0) is 51.2 Å². The van der Waals surface area contributed by atoms with Gasteiger partial charge in [0.1, 0.15) is 5.82 Å². The number of fused-ring (bicyclic) bond motifs is 2. The van der Waals surface area contributed by atoms with Crippen LogP contribution in [0.5, 0.6) is 0 Å². The number of halogens is 1. The number of anilines is 3. The zero-order valence-electron chi connectivity index (χ0n) is 20.5. The molecule has 8 aromatic carbocycles. The van der Waals surface area contributed by atoms with Crippen LogP contribution in [0.2, 0.25) is 0 Å². The van der Waals surface area contributed by atoms with Crippen molar-refractivity contribution in [1.29, 1.82) is 0 Å². The molecule has 0 saturated carbocycles. The van der Waals surface area contributed by atoms with Gasteiger partial charge >= 0.3 is 0 Å². The molecule has 0 aliphatic rings. The summed E-state index contributed by atoms with van der Waals surface area (Å²) < 4.78 is 15.0. The van der Waals surface area contributed by atoms with Crippen LogP contribution in [0.3, 0.4) is 0 Å². The smallest absolute Gasteiger partial charge is 0.131 e. The normalized spacial score (nSPS) is 11.8. The van der Waals surface area contributed by atoms with E-state index in [0.29, 0.717) is 5.39 Å². The Hall–Kier alpha value is -4.95. The molecule has 0 unspecified atom stereocenters. The summed E-state index contributed by atoms with van der Waals surface area (Å²) in [5, 5.41) is 10.8. The first-order valence-electron chi connectivity index (χ1n) is 12.9. The van der Waals surface area contributed by atoms with Gasteiger partial charge in [-0.3, -0.25) is 0 Å². The number of hydrogen-bond acceptors (Lipinski definition) is 1. The number of benzene rings is 8. The molecule has 8 aromatic rings. The van der Waals surface area contributed by atoms with Crippen molar-refractivity contribution in [3.05, 3.63) is 139 Å². The highest BCUT2D eigenvalue weighted by Gasteiger charge is 2.21. The van der Waals surface area contributed by atoms with Gasteiger partial charge in [0.05, 0.1) is 17.1 Å².